The number of likely N-dealkylation sites (tertiary alicyclic amines) is 1. The van der Waals surface area contributed by atoms with Crippen molar-refractivity contribution in [1.82, 2.24) is 15.5 Å². The molecule has 5 N–H and O–H groups in total. The second kappa shape index (κ2) is 13.2. The van der Waals surface area contributed by atoms with E-state index in [1.807, 2.05) is 58.0 Å². The Morgan fingerprint density at radius 3 is 2.17 bits per heavy atom. The molecule has 9 nitrogen and oxygen atoms in total. The standard InChI is InChI=1S/C26H40N4O5/c1-16(2)13-20(23(31)29-21(26(34)35)14-17(3)4)28-24(32)22-11-8-12-30(22)25(33)19(27)15-18-9-6-5-7-10-18/h5-7,9-10,16-17,19-22H,8,11-15,27H2,1-4H3,(H,28,32)(H,29,31)(H,34,35). The Labute approximate surface area is 207 Å². The summed E-state index contributed by atoms with van der Waals surface area (Å²) >= 11 is 0. The number of aliphatic carboxylic acids is 1. The van der Waals surface area contributed by atoms with Crippen LogP contribution in [-0.2, 0) is 25.6 Å². The molecule has 2 rings (SSSR count). The predicted molar refractivity (Wildman–Crippen MR) is 133 cm³/mol. The minimum Gasteiger partial charge on any atom is -0.480 e. The summed E-state index contributed by atoms with van der Waals surface area (Å²) in [6, 6.07) is 6.05. The van der Waals surface area contributed by atoms with Gasteiger partial charge in [0.2, 0.25) is 17.7 Å². The number of carboxylic acids is 1. The van der Waals surface area contributed by atoms with Gasteiger partial charge in [0.15, 0.2) is 0 Å². The topological polar surface area (TPSA) is 142 Å². The molecule has 4 unspecified atom stereocenters. The summed E-state index contributed by atoms with van der Waals surface area (Å²) in [7, 11) is 0. The molecular weight excluding hydrogens is 448 g/mol. The summed E-state index contributed by atoms with van der Waals surface area (Å²) in [4.78, 5) is 52.3. The van der Waals surface area contributed by atoms with Crippen LogP contribution in [0.3, 0.4) is 0 Å². The van der Waals surface area contributed by atoms with Crippen LogP contribution in [-0.4, -0.2) is 64.4 Å². The van der Waals surface area contributed by atoms with E-state index in [2.05, 4.69) is 10.6 Å². The summed E-state index contributed by atoms with van der Waals surface area (Å²) < 4.78 is 0. The highest BCUT2D eigenvalue weighted by Crippen LogP contribution is 2.20. The van der Waals surface area contributed by atoms with Gasteiger partial charge in [-0.1, -0.05) is 58.0 Å². The first-order valence-electron chi connectivity index (χ1n) is 12.4. The smallest absolute Gasteiger partial charge is 0.326 e. The summed E-state index contributed by atoms with van der Waals surface area (Å²) in [6.07, 6.45) is 2.15. The van der Waals surface area contributed by atoms with Crippen LogP contribution in [0.15, 0.2) is 30.3 Å². The first-order valence-corrected chi connectivity index (χ1v) is 12.4. The molecule has 1 fully saturated rings. The average molecular weight is 489 g/mol. The van der Waals surface area contributed by atoms with Gasteiger partial charge in [0.1, 0.15) is 18.1 Å². The van der Waals surface area contributed by atoms with E-state index < -0.39 is 42.0 Å². The molecule has 0 aromatic heterocycles. The van der Waals surface area contributed by atoms with Crippen LogP contribution in [0.4, 0.5) is 0 Å². The first-order chi connectivity index (χ1) is 16.5. The third-order valence-electron chi connectivity index (χ3n) is 6.12. The van der Waals surface area contributed by atoms with Crippen LogP contribution < -0.4 is 16.4 Å². The Morgan fingerprint density at radius 1 is 1.00 bits per heavy atom. The van der Waals surface area contributed by atoms with Crippen molar-refractivity contribution < 1.29 is 24.3 Å². The van der Waals surface area contributed by atoms with Gasteiger partial charge in [-0.2, -0.15) is 0 Å². The van der Waals surface area contributed by atoms with Crippen LogP contribution in [0.2, 0.25) is 0 Å². The Morgan fingerprint density at radius 2 is 1.60 bits per heavy atom. The van der Waals surface area contributed by atoms with Crippen molar-refractivity contribution in [3.05, 3.63) is 35.9 Å². The molecule has 9 heteroatoms. The molecule has 0 spiro atoms. The molecule has 4 atom stereocenters. The highest BCUT2D eigenvalue weighted by molar-refractivity contribution is 5.94. The molecule has 0 aliphatic carbocycles. The number of hydrogen-bond acceptors (Lipinski definition) is 5. The highest BCUT2D eigenvalue weighted by Gasteiger charge is 2.38. The number of rotatable bonds is 12. The van der Waals surface area contributed by atoms with Gasteiger partial charge in [-0.15, -0.1) is 0 Å². The molecule has 1 heterocycles. The van der Waals surface area contributed by atoms with Crippen LogP contribution in [0.25, 0.3) is 0 Å². The van der Waals surface area contributed by atoms with Gasteiger partial charge in [0.05, 0.1) is 6.04 Å². The monoisotopic (exact) mass is 488 g/mol. The van der Waals surface area contributed by atoms with Gasteiger partial charge in [0, 0.05) is 6.54 Å². The lowest BCUT2D eigenvalue weighted by atomic mass is 10.00. The molecule has 0 saturated carbocycles. The van der Waals surface area contributed by atoms with E-state index in [1.54, 1.807) is 0 Å². The minimum absolute atomic E-state index is 0.0766. The molecule has 1 aromatic rings. The molecule has 0 bridgehead atoms. The van der Waals surface area contributed by atoms with E-state index >= 15 is 0 Å². The van der Waals surface area contributed by atoms with Gasteiger partial charge in [0.25, 0.3) is 0 Å². The lowest BCUT2D eigenvalue weighted by Crippen LogP contribution is -2.57. The molecule has 1 saturated heterocycles. The minimum atomic E-state index is -1.11. The molecule has 3 amide bonds. The number of carboxylic acid groups (broad SMARTS) is 1. The van der Waals surface area contributed by atoms with Gasteiger partial charge in [-0.05, 0) is 49.5 Å². The van der Waals surface area contributed by atoms with E-state index in [0.29, 0.717) is 32.2 Å². The second-order valence-corrected chi connectivity index (χ2v) is 10.2. The summed E-state index contributed by atoms with van der Waals surface area (Å²) in [6.45, 7) is 8.02. The number of nitrogens with zero attached hydrogens (tertiary/aromatic N) is 1. The maximum atomic E-state index is 13.2. The quantitative estimate of drug-likeness (QED) is 0.353. The predicted octanol–water partition coefficient (Wildman–Crippen LogP) is 1.69. The fourth-order valence-electron chi connectivity index (χ4n) is 4.41. The highest BCUT2D eigenvalue weighted by atomic mass is 16.4. The van der Waals surface area contributed by atoms with Crippen molar-refractivity contribution in [1.29, 1.82) is 0 Å². The maximum absolute atomic E-state index is 13.2. The van der Waals surface area contributed by atoms with Gasteiger partial charge < -0.3 is 26.4 Å². The van der Waals surface area contributed by atoms with E-state index in [9.17, 15) is 24.3 Å². The Bertz CT molecular complexity index is 874. The maximum Gasteiger partial charge on any atom is 0.326 e. The number of amides is 3. The van der Waals surface area contributed by atoms with E-state index in [-0.39, 0.29) is 24.2 Å². The second-order valence-electron chi connectivity index (χ2n) is 10.2. The summed E-state index contributed by atoms with van der Waals surface area (Å²) in [5.41, 5.74) is 7.13. The lowest BCUT2D eigenvalue weighted by Gasteiger charge is -2.29. The van der Waals surface area contributed by atoms with Crippen LogP contribution in [0, 0.1) is 11.8 Å². The van der Waals surface area contributed by atoms with Crippen molar-refractivity contribution in [3.63, 3.8) is 0 Å². The largest absolute Gasteiger partial charge is 0.480 e. The van der Waals surface area contributed by atoms with E-state index in [1.165, 1.54) is 4.90 Å². The third kappa shape index (κ3) is 8.65. The van der Waals surface area contributed by atoms with Crippen molar-refractivity contribution in [3.8, 4) is 0 Å². The number of carbonyl (C=O) groups excluding carboxylic acids is 3. The van der Waals surface area contributed by atoms with Gasteiger partial charge in [-0.3, -0.25) is 14.4 Å². The molecule has 35 heavy (non-hydrogen) atoms. The fraction of sp³-hybridized carbons (Fsp3) is 0.615. The van der Waals surface area contributed by atoms with Crippen LogP contribution in [0.5, 0.6) is 0 Å². The Hall–Kier alpha value is -2.94. The number of hydrogen-bond donors (Lipinski definition) is 4. The molecule has 0 radical (unpaired) electrons. The number of nitrogens with one attached hydrogen (secondary N) is 2. The number of nitrogens with two attached hydrogens (primary N) is 1. The fourth-order valence-corrected chi connectivity index (χ4v) is 4.41. The Kier molecular flexibility index (Phi) is 10.7. The normalized spacial score (nSPS) is 18.3. The van der Waals surface area contributed by atoms with Crippen molar-refractivity contribution in [2.24, 2.45) is 17.6 Å². The summed E-state index contributed by atoms with van der Waals surface area (Å²) in [5, 5.41) is 14.8. The molecule has 194 valence electrons. The molecule has 1 aliphatic heterocycles. The van der Waals surface area contributed by atoms with E-state index in [0.717, 1.165) is 5.56 Å². The Balaban J connectivity index is 2.08. The van der Waals surface area contributed by atoms with Crippen molar-refractivity contribution in [2.45, 2.75) is 84.0 Å². The van der Waals surface area contributed by atoms with Crippen molar-refractivity contribution in [2.75, 3.05) is 6.54 Å². The number of benzene rings is 1. The number of carbonyl (C=O) groups is 4. The van der Waals surface area contributed by atoms with Crippen LogP contribution >= 0.6 is 0 Å². The van der Waals surface area contributed by atoms with E-state index in [4.69, 9.17) is 5.73 Å². The molecule has 1 aromatic carbocycles. The lowest BCUT2D eigenvalue weighted by molar-refractivity contribution is -0.143. The third-order valence-corrected chi connectivity index (χ3v) is 6.12. The summed E-state index contributed by atoms with van der Waals surface area (Å²) in [5.74, 6) is -2.19. The average Bonchev–Trinajstić information content (AvgIpc) is 3.27. The van der Waals surface area contributed by atoms with Gasteiger partial charge >= 0.3 is 5.97 Å². The van der Waals surface area contributed by atoms with Crippen LogP contribution in [0.1, 0.15) is 58.9 Å². The molecule has 1 aliphatic rings. The first kappa shape index (κ1) is 28.3. The van der Waals surface area contributed by atoms with Gasteiger partial charge in [-0.25, -0.2) is 4.79 Å². The van der Waals surface area contributed by atoms with Crippen molar-refractivity contribution >= 4 is 23.7 Å². The molecular formula is C26H40N4O5. The SMILES string of the molecule is CC(C)CC(NC(=O)C(CC(C)C)NC(=O)C1CCCN1C(=O)C(N)Cc1ccccc1)C(=O)O. The zero-order valence-corrected chi connectivity index (χ0v) is 21.2. The zero-order chi connectivity index (χ0) is 26.1. The zero-order valence-electron chi connectivity index (χ0n) is 21.2.